The molecule has 4 aliphatic rings. The molecule has 1 aromatic heterocycles. The molecule has 0 spiro atoms. The van der Waals surface area contributed by atoms with Gasteiger partial charge in [-0.15, -0.1) is 0 Å². The monoisotopic (exact) mass is 754 g/mol. The topological polar surface area (TPSA) is 195 Å². The van der Waals surface area contributed by atoms with Gasteiger partial charge in [-0.05, 0) is 83.3 Å². The van der Waals surface area contributed by atoms with Gasteiger partial charge in [0.25, 0.3) is 5.91 Å². The molecule has 288 valence electrons. The summed E-state index contributed by atoms with van der Waals surface area (Å²) in [7, 11) is -2.35. The van der Waals surface area contributed by atoms with Crippen LogP contribution >= 0.6 is 0 Å². The third kappa shape index (κ3) is 8.68. The average molecular weight is 755 g/mol. The first-order chi connectivity index (χ1) is 25.0. The molecule has 0 bridgehead atoms. The van der Waals surface area contributed by atoms with Gasteiger partial charge < -0.3 is 29.7 Å². The highest BCUT2D eigenvalue weighted by Crippen LogP contribution is 2.46. The highest BCUT2D eigenvalue weighted by molar-refractivity contribution is 7.91. The van der Waals surface area contributed by atoms with Crippen molar-refractivity contribution in [2.75, 3.05) is 13.7 Å². The largest absolute Gasteiger partial charge is 0.497 e. The van der Waals surface area contributed by atoms with Crippen LogP contribution in [0.15, 0.2) is 36.7 Å². The summed E-state index contributed by atoms with van der Waals surface area (Å²) in [6.07, 6.45) is 6.89. The van der Waals surface area contributed by atoms with Gasteiger partial charge in [0.1, 0.15) is 41.4 Å². The first kappa shape index (κ1) is 38.3. The molecule has 1 saturated heterocycles. The van der Waals surface area contributed by atoms with E-state index in [1.54, 1.807) is 46.1 Å². The van der Waals surface area contributed by atoms with Gasteiger partial charge in [0.05, 0.1) is 29.8 Å². The van der Waals surface area contributed by atoms with E-state index in [1.165, 1.54) is 11.2 Å². The van der Waals surface area contributed by atoms with Gasteiger partial charge in [-0.3, -0.25) is 19.1 Å². The molecule has 6 rings (SSSR count). The van der Waals surface area contributed by atoms with E-state index in [2.05, 4.69) is 32.2 Å². The number of ether oxygens (including phenoxy) is 3. The van der Waals surface area contributed by atoms with Crippen molar-refractivity contribution in [3.63, 3.8) is 0 Å². The van der Waals surface area contributed by atoms with Gasteiger partial charge in [-0.25, -0.2) is 23.2 Å². The Hall–Kier alpha value is -4.47. The number of allylic oxidation sites excluding steroid dienone is 1. The molecule has 3 heterocycles. The molecule has 0 radical (unpaired) electrons. The molecule has 15 nitrogen and oxygen atoms in total. The number of aromatic nitrogens is 2. The molecule has 7 unspecified atom stereocenters. The Balaban J connectivity index is 1.34. The summed E-state index contributed by atoms with van der Waals surface area (Å²) in [5.41, 5.74) is -1.77. The lowest BCUT2D eigenvalue weighted by atomic mass is 9.88. The van der Waals surface area contributed by atoms with Crippen LogP contribution in [0.2, 0.25) is 0 Å². The third-order valence-corrected chi connectivity index (χ3v) is 12.2. The van der Waals surface area contributed by atoms with Gasteiger partial charge >= 0.3 is 6.09 Å². The van der Waals surface area contributed by atoms with Crippen LogP contribution in [-0.2, 0) is 29.1 Å². The second kappa shape index (κ2) is 14.7. The predicted octanol–water partition coefficient (Wildman–Crippen LogP) is 3.38. The van der Waals surface area contributed by atoms with Crippen molar-refractivity contribution in [1.29, 1.82) is 0 Å². The van der Waals surface area contributed by atoms with Crippen LogP contribution in [0.4, 0.5) is 4.79 Å². The fourth-order valence-corrected chi connectivity index (χ4v) is 8.69. The number of sulfonamides is 1. The van der Waals surface area contributed by atoms with Crippen molar-refractivity contribution in [3.05, 3.63) is 36.7 Å². The lowest BCUT2D eigenvalue weighted by Gasteiger charge is -2.33. The zero-order chi connectivity index (χ0) is 38.3. The summed E-state index contributed by atoms with van der Waals surface area (Å²) in [6.45, 7) is 9.11. The number of hydrogen-bond donors (Lipinski definition) is 3. The van der Waals surface area contributed by atoms with E-state index < -0.39 is 74.3 Å². The summed E-state index contributed by atoms with van der Waals surface area (Å²) in [5.74, 6) is -1.73. The smallest absolute Gasteiger partial charge is 0.408 e. The number of amides is 4. The molecule has 3 fully saturated rings. The zero-order valence-electron chi connectivity index (χ0n) is 31.1. The molecular weight excluding hydrogens is 705 g/mol. The van der Waals surface area contributed by atoms with E-state index in [9.17, 15) is 27.6 Å². The lowest BCUT2D eigenvalue weighted by molar-refractivity contribution is -0.142. The minimum atomic E-state index is -3.90. The van der Waals surface area contributed by atoms with E-state index in [0.717, 1.165) is 6.42 Å². The quantitative estimate of drug-likeness (QED) is 0.351. The van der Waals surface area contributed by atoms with Crippen molar-refractivity contribution < 1.29 is 41.8 Å². The Morgan fingerprint density at radius 1 is 1.08 bits per heavy atom. The highest BCUT2D eigenvalue weighted by Gasteiger charge is 2.62. The summed E-state index contributed by atoms with van der Waals surface area (Å²) in [6, 6.07) is 3.07. The van der Waals surface area contributed by atoms with E-state index >= 15 is 0 Å². The van der Waals surface area contributed by atoms with E-state index in [-0.39, 0.29) is 37.1 Å². The molecular formula is C37H50N6O9S. The summed E-state index contributed by atoms with van der Waals surface area (Å²) < 4.78 is 45.2. The Morgan fingerprint density at radius 2 is 1.83 bits per heavy atom. The minimum absolute atomic E-state index is 0.0295. The number of benzene rings is 1. The number of methoxy groups -OCH3 is 1. The van der Waals surface area contributed by atoms with Crippen LogP contribution in [0.1, 0.15) is 79.6 Å². The van der Waals surface area contributed by atoms with Gasteiger partial charge in [0.15, 0.2) is 0 Å². The molecule has 53 heavy (non-hydrogen) atoms. The fraction of sp³-hybridized carbons (Fsp3) is 0.622. The maximum absolute atomic E-state index is 14.7. The maximum atomic E-state index is 14.7. The molecule has 1 aromatic carbocycles. The van der Waals surface area contributed by atoms with E-state index in [4.69, 9.17) is 14.2 Å². The van der Waals surface area contributed by atoms with Crippen LogP contribution in [0, 0.1) is 17.8 Å². The Morgan fingerprint density at radius 3 is 2.53 bits per heavy atom. The summed E-state index contributed by atoms with van der Waals surface area (Å²) in [5, 5.41) is 5.64. The van der Waals surface area contributed by atoms with Gasteiger partial charge in [-0.2, -0.15) is 0 Å². The van der Waals surface area contributed by atoms with E-state index in [1.807, 2.05) is 19.1 Å². The molecule has 2 saturated carbocycles. The highest BCUT2D eigenvalue weighted by atomic mass is 32.2. The van der Waals surface area contributed by atoms with Crippen molar-refractivity contribution in [3.8, 4) is 11.6 Å². The molecule has 16 heteroatoms. The second-order valence-corrected chi connectivity index (χ2v) is 17.9. The number of nitrogens with one attached hydrogen (secondary N) is 3. The molecule has 3 N–H and O–H groups in total. The predicted molar refractivity (Wildman–Crippen MR) is 194 cm³/mol. The number of alkyl carbamates (subject to hydrolysis) is 1. The Labute approximate surface area is 310 Å². The number of hydrogen-bond acceptors (Lipinski definition) is 11. The number of nitrogens with zero attached hydrogens (tertiary/aromatic N) is 3. The SMILES string of the molecule is COc1ccc2c(OC3CC4C(=O)NC5(C(=O)NS(=O)(=O)C6CC6)CC5C=CCCC(C)CC(C)C(NC(=O)OC(C)(C)C)C(=O)N4C3)ncnc2c1. The second-order valence-electron chi connectivity index (χ2n) is 15.9. The van der Waals surface area contributed by atoms with Crippen molar-refractivity contribution in [2.45, 2.75) is 114 Å². The standard InChI is InChI=1S/C37H50N6O9S/c1-21-9-7-8-10-23-18-37(23,34(46)42-53(48,49)26-12-13-26)41-31(44)29-17-25(51-32-27-14-11-24(50-6)16-28(27)38-20-39-32)19-43(29)33(45)30(22(2)15-21)40-35(47)52-36(3,4)5/h8,10-11,14,16,20-23,25-26,29-30H,7,9,12-13,15,17-19H2,1-6H3,(H,40,47)(H,41,44)(H,42,46). The molecule has 7 atom stereocenters. The number of carbonyl (C=O) groups excluding carboxylic acids is 4. The first-order valence-electron chi connectivity index (χ1n) is 18.3. The van der Waals surface area contributed by atoms with Gasteiger partial charge in [0, 0.05) is 18.4 Å². The number of carbonyl (C=O) groups is 4. The molecule has 2 aliphatic heterocycles. The number of fused-ring (bicyclic) bond motifs is 3. The van der Waals surface area contributed by atoms with Gasteiger partial charge in [0.2, 0.25) is 27.7 Å². The molecule has 2 aromatic rings. The van der Waals surface area contributed by atoms with Crippen LogP contribution < -0.4 is 24.8 Å². The normalized spacial score (nSPS) is 29.5. The van der Waals surface area contributed by atoms with Crippen LogP contribution in [0.5, 0.6) is 11.6 Å². The summed E-state index contributed by atoms with van der Waals surface area (Å²) >= 11 is 0. The zero-order valence-corrected chi connectivity index (χ0v) is 31.9. The maximum Gasteiger partial charge on any atom is 0.408 e. The molecule has 2 aliphatic carbocycles. The Bertz CT molecular complexity index is 1890. The average Bonchev–Trinajstić information content (AvgIpc) is 4.01. The van der Waals surface area contributed by atoms with Crippen molar-refractivity contribution in [2.24, 2.45) is 17.8 Å². The lowest BCUT2D eigenvalue weighted by Crippen LogP contribution is -2.59. The summed E-state index contributed by atoms with van der Waals surface area (Å²) in [4.78, 5) is 66.0. The molecule has 4 amide bonds. The fourth-order valence-electron chi connectivity index (χ4n) is 7.32. The van der Waals surface area contributed by atoms with Crippen molar-refractivity contribution >= 4 is 44.7 Å². The Kier molecular flexibility index (Phi) is 10.6. The minimum Gasteiger partial charge on any atom is -0.497 e. The van der Waals surface area contributed by atoms with Gasteiger partial charge in [-0.1, -0.05) is 26.0 Å². The van der Waals surface area contributed by atoms with Crippen LogP contribution in [0.25, 0.3) is 10.9 Å². The number of rotatable bonds is 7. The third-order valence-electron chi connectivity index (χ3n) is 10.4. The van der Waals surface area contributed by atoms with Crippen molar-refractivity contribution in [1.82, 2.24) is 30.2 Å². The first-order valence-corrected chi connectivity index (χ1v) is 19.8. The van der Waals surface area contributed by atoms with Crippen LogP contribution in [-0.4, -0.2) is 95.3 Å². The van der Waals surface area contributed by atoms with E-state index in [0.29, 0.717) is 42.3 Å². The van der Waals surface area contributed by atoms with Crippen LogP contribution in [0.3, 0.4) is 0 Å².